The second-order valence-electron chi connectivity index (χ2n) is 6.37. The van der Waals surface area contributed by atoms with E-state index in [1.165, 1.54) is 24.3 Å². The van der Waals surface area contributed by atoms with E-state index in [0.29, 0.717) is 10.8 Å². The van der Waals surface area contributed by atoms with Gasteiger partial charge in [-0.25, -0.2) is 12.8 Å². The molecule has 0 aliphatic heterocycles. The summed E-state index contributed by atoms with van der Waals surface area (Å²) in [6, 6.07) is 12.1. The van der Waals surface area contributed by atoms with Crippen molar-refractivity contribution in [2.75, 3.05) is 11.1 Å². The van der Waals surface area contributed by atoms with E-state index in [-0.39, 0.29) is 33.9 Å². The number of carbonyl (C=O) groups is 1. The Bertz CT molecular complexity index is 1110. The van der Waals surface area contributed by atoms with E-state index in [1.807, 2.05) is 6.92 Å². The van der Waals surface area contributed by atoms with Gasteiger partial charge in [-0.2, -0.15) is 0 Å². The lowest BCUT2D eigenvalue weighted by Crippen LogP contribution is -2.14. The summed E-state index contributed by atoms with van der Waals surface area (Å²) < 4.78 is 39.6. The lowest BCUT2D eigenvalue weighted by atomic mass is 10.2. The maximum atomic E-state index is 12.9. The molecule has 152 valence electrons. The van der Waals surface area contributed by atoms with Crippen molar-refractivity contribution >= 4 is 33.2 Å². The third-order valence-corrected chi connectivity index (χ3v) is 6.73. The first-order chi connectivity index (χ1) is 13.7. The fourth-order valence-electron chi connectivity index (χ4n) is 2.46. The maximum Gasteiger partial charge on any atom is 0.234 e. The minimum Gasteiger partial charge on any atom is -0.325 e. The lowest BCUT2D eigenvalue weighted by molar-refractivity contribution is -0.113. The van der Waals surface area contributed by atoms with Crippen molar-refractivity contribution in [1.29, 1.82) is 0 Å². The normalized spacial score (nSPS) is 11.4. The van der Waals surface area contributed by atoms with E-state index in [1.54, 1.807) is 35.9 Å². The molecule has 0 bridgehead atoms. The van der Waals surface area contributed by atoms with Gasteiger partial charge >= 0.3 is 0 Å². The Labute approximate surface area is 172 Å². The predicted octanol–water partition coefficient (Wildman–Crippen LogP) is 2.97. The molecule has 1 aromatic heterocycles. The van der Waals surface area contributed by atoms with Crippen LogP contribution in [0.25, 0.3) is 0 Å². The largest absolute Gasteiger partial charge is 0.325 e. The van der Waals surface area contributed by atoms with Gasteiger partial charge in [0.2, 0.25) is 5.91 Å². The van der Waals surface area contributed by atoms with Crippen LogP contribution >= 0.6 is 11.8 Å². The minimum absolute atomic E-state index is 0.0497. The predicted molar refractivity (Wildman–Crippen MR) is 109 cm³/mol. The zero-order chi connectivity index (χ0) is 21.0. The van der Waals surface area contributed by atoms with Crippen LogP contribution < -0.4 is 5.32 Å². The highest BCUT2D eigenvalue weighted by atomic mass is 32.2. The van der Waals surface area contributed by atoms with E-state index in [9.17, 15) is 17.6 Å². The fraction of sp³-hybridized carbons (Fsp3) is 0.211. The number of carbonyl (C=O) groups excluding carboxylic acids is 1. The topological polar surface area (TPSA) is 94.0 Å². The second-order valence-corrected chi connectivity index (χ2v) is 9.31. The molecule has 0 aliphatic carbocycles. The van der Waals surface area contributed by atoms with E-state index < -0.39 is 9.84 Å². The molecule has 0 unspecified atom stereocenters. The summed E-state index contributed by atoms with van der Waals surface area (Å²) in [6.45, 7) is 1.88. The van der Waals surface area contributed by atoms with Crippen LogP contribution in [0.15, 0.2) is 58.6 Å². The average Bonchev–Trinajstić information content (AvgIpc) is 3.01. The van der Waals surface area contributed by atoms with Crippen molar-refractivity contribution in [3.8, 4) is 0 Å². The van der Waals surface area contributed by atoms with Crippen molar-refractivity contribution < 1.29 is 17.6 Å². The Kier molecular flexibility index (Phi) is 6.33. The number of sulfone groups is 1. The Balaban J connectivity index is 1.62. The molecule has 1 N–H and O–H groups in total. The van der Waals surface area contributed by atoms with Gasteiger partial charge in [0.1, 0.15) is 17.4 Å². The lowest BCUT2D eigenvalue weighted by Gasteiger charge is -2.07. The van der Waals surface area contributed by atoms with Gasteiger partial charge in [-0.1, -0.05) is 29.5 Å². The smallest absolute Gasteiger partial charge is 0.234 e. The third kappa shape index (κ3) is 5.42. The highest BCUT2D eigenvalue weighted by Crippen LogP contribution is 2.20. The number of rotatable bonds is 7. The van der Waals surface area contributed by atoms with E-state index in [4.69, 9.17) is 0 Å². The van der Waals surface area contributed by atoms with Gasteiger partial charge in [0.15, 0.2) is 15.0 Å². The first-order valence-electron chi connectivity index (χ1n) is 8.60. The average molecular weight is 435 g/mol. The molecule has 0 fully saturated rings. The monoisotopic (exact) mass is 434 g/mol. The molecule has 0 saturated carbocycles. The molecule has 3 aromatic rings. The molecule has 0 aliphatic rings. The molecule has 29 heavy (non-hydrogen) atoms. The van der Waals surface area contributed by atoms with Gasteiger partial charge in [0.25, 0.3) is 0 Å². The van der Waals surface area contributed by atoms with Crippen LogP contribution in [0.1, 0.15) is 11.4 Å². The van der Waals surface area contributed by atoms with Crippen molar-refractivity contribution in [2.45, 2.75) is 22.7 Å². The SMILES string of the molecule is Cc1ccc(S(=O)(=O)Cc2nnc(SCC(=O)Nc3ccc(F)cc3)n2C)cc1. The molecule has 0 spiro atoms. The molecule has 1 amide bonds. The number of halogens is 1. The van der Waals surface area contributed by atoms with Crippen molar-refractivity contribution in [1.82, 2.24) is 14.8 Å². The van der Waals surface area contributed by atoms with Crippen molar-refractivity contribution in [3.05, 3.63) is 65.7 Å². The molecule has 0 radical (unpaired) electrons. The number of thioether (sulfide) groups is 1. The number of benzene rings is 2. The van der Waals surface area contributed by atoms with Crippen LogP contribution in [0, 0.1) is 12.7 Å². The van der Waals surface area contributed by atoms with Crippen molar-refractivity contribution in [3.63, 3.8) is 0 Å². The number of anilines is 1. The van der Waals surface area contributed by atoms with Crippen LogP contribution in [0.3, 0.4) is 0 Å². The number of nitrogens with zero attached hydrogens (tertiary/aromatic N) is 3. The standard InChI is InChI=1S/C19H19FN4O3S2/c1-13-3-9-16(10-4-13)29(26,27)12-17-22-23-19(24(17)2)28-11-18(25)21-15-7-5-14(20)6-8-15/h3-10H,11-12H2,1-2H3,(H,21,25). The highest BCUT2D eigenvalue weighted by molar-refractivity contribution is 7.99. The Hall–Kier alpha value is -2.72. The van der Waals surface area contributed by atoms with E-state index >= 15 is 0 Å². The summed E-state index contributed by atoms with van der Waals surface area (Å²) in [6.07, 6.45) is 0. The van der Waals surface area contributed by atoms with Gasteiger partial charge < -0.3 is 9.88 Å². The molecule has 3 rings (SSSR count). The highest BCUT2D eigenvalue weighted by Gasteiger charge is 2.20. The Morgan fingerprint density at radius 2 is 1.76 bits per heavy atom. The Morgan fingerprint density at radius 1 is 1.10 bits per heavy atom. The van der Waals surface area contributed by atoms with Crippen LogP contribution in [-0.4, -0.2) is 34.8 Å². The molecular weight excluding hydrogens is 415 g/mol. The minimum atomic E-state index is -3.56. The first kappa shape index (κ1) is 21.0. The molecule has 0 atom stereocenters. The molecule has 2 aromatic carbocycles. The van der Waals surface area contributed by atoms with Gasteiger partial charge in [-0.3, -0.25) is 4.79 Å². The van der Waals surface area contributed by atoms with Crippen LogP contribution in [-0.2, 0) is 27.4 Å². The number of hydrogen-bond acceptors (Lipinski definition) is 6. The van der Waals surface area contributed by atoms with Gasteiger partial charge in [0, 0.05) is 12.7 Å². The van der Waals surface area contributed by atoms with Crippen molar-refractivity contribution in [2.24, 2.45) is 7.05 Å². The molecule has 1 heterocycles. The molecular formula is C19H19FN4O3S2. The van der Waals surface area contributed by atoms with E-state index in [2.05, 4.69) is 15.5 Å². The molecule has 10 heteroatoms. The molecule has 0 saturated heterocycles. The summed E-state index contributed by atoms with van der Waals surface area (Å²) in [7, 11) is -1.90. The zero-order valence-corrected chi connectivity index (χ0v) is 17.4. The van der Waals surface area contributed by atoms with Crippen LogP contribution in [0.2, 0.25) is 0 Å². The quantitative estimate of drug-likeness (QED) is 0.575. The van der Waals surface area contributed by atoms with E-state index in [0.717, 1.165) is 17.3 Å². The maximum absolute atomic E-state index is 12.9. The summed E-state index contributed by atoms with van der Waals surface area (Å²) in [4.78, 5) is 12.3. The summed E-state index contributed by atoms with van der Waals surface area (Å²) in [5.41, 5.74) is 1.46. The fourth-order valence-corrected chi connectivity index (χ4v) is 4.49. The zero-order valence-electron chi connectivity index (χ0n) is 15.8. The number of aromatic nitrogens is 3. The number of amides is 1. The Morgan fingerprint density at radius 3 is 2.41 bits per heavy atom. The van der Waals surface area contributed by atoms with Crippen LogP contribution in [0.5, 0.6) is 0 Å². The van der Waals surface area contributed by atoms with Gasteiger partial charge in [-0.15, -0.1) is 10.2 Å². The second kappa shape index (κ2) is 8.75. The number of aryl methyl sites for hydroxylation is 1. The van der Waals surface area contributed by atoms with Crippen LogP contribution in [0.4, 0.5) is 10.1 Å². The number of hydrogen-bond donors (Lipinski definition) is 1. The number of nitrogens with one attached hydrogen (secondary N) is 1. The summed E-state index contributed by atoms with van der Waals surface area (Å²) in [5.74, 6) is -0.634. The van der Waals surface area contributed by atoms with Gasteiger partial charge in [-0.05, 0) is 43.3 Å². The third-order valence-electron chi connectivity index (χ3n) is 4.08. The summed E-state index contributed by atoms with van der Waals surface area (Å²) in [5, 5.41) is 11.0. The molecule has 7 nitrogen and oxygen atoms in total. The first-order valence-corrected chi connectivity index (χ1v) is 11.2. The van der Waals surface area contributed by atoms with Gasteiger partial charge in [0.05, 0.1) is 10.6 Å². The summed E-state index contributed by atoms with van der Waals surface area (Å²) >= 11 is 1.13.